The Hall–Kier alpha value is -2.43. The maximum atomic E-state index is 12.9. The van der Waals surface area contributed by atoms with E-state index in [-0.39, 0.29) is 23.2 Å². The van der Waals surface area contributed by atoms with E-state index in [4.69, 9.17) is 0 Å². The molecule has 1 aromatic carbocycles. The van der Waals surface area contributed by atoms with Crippen LogP contribution < -0.4 is 5.32 Å². The van der Waals surface area contributed by atoms with Crippen LogP contribution in [-0.4, -0.2) is 16.7 Å². The quantitative estimate of drug-likeness (QED) is 0.833. The average molecular weight is 260 g/mol. The van der Waals surface area contributed by atoms with Crippen LogP contribution in [0.1, 0.15) is 33.3 Å². The Balaban J connectivity index is 2.18. The van der Waals surface area contributed by atoms with Crippen molar-refractivity contribution in [1.29, 1.82) is 0 Å². The fourth-order valence-electron chi connectivity index (χ4n) is 1.69. The van der Waals surface area contributed by atoms with E-state index in [0.717, 1.165) is 0 Å². The summed E-state index contributed by atoms with van der Waals surface area (Å²) >= 11 is 0. The lowest BCUT2D eigenvalue weighted by atomic mass is 10.2. The highest BCUT2D eigenvalue weighted by atomic mass is 19.1. The highest BCUT2D eigenvalue weighted by Gasteiger charge is 2.12. The smallest absolute Gasteiger partial charge is 0.272 e. The fraction of sp³-hybridized carbons (Fsp3) is 0.143. The van der Waals surface area contributed by atoms with Gasteiger partial charge in [-0.05, 0) is 43.7 Å². The van der Waals surface area contributed by atoms with Gasteiger partial charge in [-0.2, -0.15) is 0 Å². The van der Waals surface area contributed by atoms with Crippen LogP contribution in [-0.2, 0) is 0 Å². The monoisotopic (exact) mass is 260 g/mol. The van der Waals surface area contributed by atoms with Crippen LogP contribution in [0.25, 0.3) is 0 Å². The third kappa shape index (κ3) is 2.88. The largest absolute Gasteiger partial charge is 0.356 e. The van der Waals surface area contributed by atoms with Gasteiger partial charge in [0.1, 0.15) is 11.5 Å². The van der Waals surface area contributed by atoms with E-state index >= 15 is 0 Å². The Labute approximate surface area is 109 Å². The Morgan fingerprint density at radius 3 is 2.58 bits per heavy atom. The first kappa shape index (κ1) is 13.0. The predicted octanol–water partition coefficient (Wildman–Crippen LogP) is 2.92. The standard InChI is InChI=1S/C14H13FN2O2/c1-8-5-11(15)3-4-12(8)17-14(19)13-6-10(7-16-13)9(2)18/h3-7,16H,1-2H3,(H,17,19). The van der Waals surface area contributed by atoms with Gasteiger partial charge in [-0.15, -0.1) is 0 Å². The van der Waals surface area contributed by atoms with E-state index in [9.17, 15) is 14.0 Å². The molecule has 1 aromatic heterocycles. The number of hydrogen-bond acceptors (Lipinski definition) is 2. The van der Waals surface area contributed by atoms with Gasteiger partial charge in [0.2, 0.25) is 0 Å². The molecule has 0 fully saturated rings. The third-order valence-electron chi connectivity index (χ3n) is 2.77. The number of benzene rings is 1. The second kappa shape index (κ2) is 5.06. The number of hydrogen-bond donors (Lipinski definition) is 2. The fourth-order valence-corrected chi connectivity index (χ4v) is 1.69. The average Bonchev–Trinajstić information content (AvgIpc) is 2.82. The normalized spacial score (nSPS) is 10.3. The highest BCUT2D eigenvalue weighted by Crippen LogP contribution is 2.16. The van der Waals surface area contributed by atoms with E-state index in [0.29, 0.717) is 16.8 Å². The molecule has 0 aliphatic heterocycles. The molecule has 2 rings (SSSR count). The molecular formula is C14H13FN2O2. The van der Waals surface area contributed by atoms with Crippen molar-refractivity contribution in [1.82, 2.24) is 4.98 Å². The Bertz CT molecular complexity index is 647. The SMILES string of the molecule is CC(=O)c1c[nH]c(C(=O)Nc2ccc(F)cc2C)c1. The Morgan fingerprint density at radius 2 is 2.00 bits per heavy atom. The van der Waals surface area contributed by atoms with Crippen molar-refractivity contribution in [2.75, 3.05) is 5.32 Å². The molecule has 1 amide bonds. The minimum absolute atomic E-state index is 0.117. The van der Waals surface area contributed by atoms with Crippen LogP contribution in [0.4, 0.5) is 10.1 Å². The topological polar surface area (TPSA) is 62.0 Å². The van der Waals surface area contributed by atoms with Crippen molar-refractivity contribution in [2.45, 2.75) is 13.8 Å². The molecule has 0 saturated heterocycles. The van der Waals surface area contributed by atoms with Gasteiger partial charge in [-0.25, -0.2) is 4.39 Å². The molecule has 0 bridgehead atoms. The van der Waals surface area contributed by atoms with Gasteiger partial charge in [0.05, 0.1) is 0 Å². The number of Topliss-reactive ketones (excluding diaryl/α,β-unsaturated/α-hetero) is 1. The van der Waals surface area contributed by atoms with E-state index in [1.165, 1.54) is 37.4 Å². The number of nitrogens with one attached hydrogen (secondary N) is 2. The molecule has 98 valence electrons. The van der Waals surface area contributed by atoms with E-state index in [1.54, 1.807) is 6.92 Å². The summed E-state index contributed by atoms with van der Waals surface area (Å²) in [5, 5.41) is 2.66. The van der Waals surface area contributed by atoms with Crippen LogP contribution in [0.15, 0.2) is 30.5 Å². The van der Waals surface area contributed by atoms with Gasteiger partial charge in [0.25, 0.3) is 5.91 Å². The molecule has 19 heavy (non-hydrogen) atoms. The molecule has 0 atom stereocenters. The summed E-state index contributed by atoms with van der Waals surface area (Å²) in [4.78, 5) is 25.8. The minimum Gasteiger partial charge on any atom is -0.356 e. The lowest BCUT2D eigenvalue weighted by molar-refractivity contribution is 0.101. The summed E-state index contributed by atoms with van der Waals surface area (Å²) in [5.41, 5.74) is 1.90. The van der Waals surface area contributed by atoms with Crippen molar-refractivity contribution in [3.63, 3.8) is 0 Å². The molecule has 0 aliphatic carbocycles. The van der Waals surface area contributed by atoms with Gasteiger partial charge in [-0.1, -0.05) is 0 Å². The van der Waals surface area contributed by atoms with Crippen LogP contribution in [0.5, 0.6) is 0 Å². The summed E-state index contributed by atoms with van der Waals surface area (Å²) < 4.78 is 12.9. The lowest BCUT2D eigenvalue weighted by Gasteiger charge is -2.07. The van der Waals surface area contributed by atoms with Crippen molar-refractivity contribution < 1.29 is 14.0 Å². The zero-order valence-corrected chi connectivity index (χ0v) is 10.6. The molecule has 0 radical (unpaired) electrons. The van der Waals surface area contributed by atoms with E-state index < -0.39 is 0 Å². The molecule has 2 N–H and O–H groups in total. The molecular weight excluding hydrogens is 247 g/mol. The number of aryl methyl sites for hydroxylation is 1. The minimum atomic E-state index is -0.373. The third-order valence-corrected chi connectivity index (χ3v) is 2.77. The van der Waals surface area contributed by atoms with Crippen LogP contribution in [0.3, 0.4) is 0 Å². The summed E-state index contributed by atoms with van der Waals surface area (Å²) in [6, 6.07) is 5.59. The molecule has 1 heterocycles. The number of rotatable bonds is 3. The Morgan fingerprint density at radius 1 is 1.26 bits per heavy atom. The molecule has 0 spiro atoms. The van der Waals surface area contributed by atoms with Crippen LogP contribution >= 0.6 is 0 Å². The Kier molecular flexibility index (Phi) is 3.46. The molecule has 0 unspecified atom stereocenters. The van der Waals surface area contributed by atoms with Crippen molar-refractivity contribution in [2.24, 2.45) is 0 Å². The molecule has 5 heteroatoms. The second-order valence-corrected chi connectivity index (χ2v) is 4.27. The van der Waals surface area contributed by atoms with Gasteiger partial charge in [0.15, 0.2) is 5.78 Å². The highest BCUT2D eigenvalue weighted by molar-refractivity contribution is 6.05. The van der Waals surface area contributed by atoms with E-state index in [1.807, 2.05) is 0 Å². The zero-order chi connectivity index (χ0) is 14.0. The summed E-state index contributed by atoms with van der Waals surface area (Å²) in [7, 11) is 0. The number of carbonyl (C=O) groups excluding carboxylic acids is 2. The van der Waals surface area contributed by atoms with Gasteiger partial charge in [0, 0.05) is 17.4 Å². The zero-order valence-electron chi connectivity index (χ0n) is 10.6. The molecule has 0 saturated carbocycles. The summed E-state index contributed by atoms with van der Waals surface area (Å²) in [5.74, 6) is -0.843. The van der Waals surface area contributed by atoms with Crippen molar-refractivity contribution >= 4 is 17.4 Å². The molecule has 2 aromatic rings. The first-order valence-corrected chi connectivity index (χ1v) is 5.74. The maximum Gasteiger partial charge on any atom is 0.272 e. The van der Waals surface area contributed by atoms with Gasteiger partial charge in [-0.3, -0.25) is 9.59 Å². The number of anilines is 1. The summed E-state index contributed by atoms with van der Waals surface area (Å²) in [6.07, 6.45) is 1.48. The maximum absolute atomic E-state index is 12.9. The summed E-state index contributed by atoms with van der Waals surface area (Å²) in [6.45, 7) is 3.13. The number of halogens is 1. The van der Waals surface area contributed by atoms with E-state index in [2.05, 4.69) is 10.3 Å². The first-order valence-electron chi connectivity index (χ1n) is 5.74. The van der Waals surface area contributed by atoms with Gasteiger partial charge < -0.3 is 10.3 Å². The van der Waals surface area contributed by atoms with Crippen molar-refractivity contribution in [3.8, 4) is 0 Å². The van der Waals surface area contributed by atoms with Gasteiger partial charge >= 0.3 is 0 Å². The number of aromatic amines is 1. The van der Waals surface area contributed by atoms with Crippen LogP contribution in [0.2, 0.25) is 0 Å². The second-order valence-electron chi connectivity index (χ2n) is 4.27. The number of ketones is 1. The number of aromatic nitrogens is 1. The lowest BCUT2D eigenvalue weighted by Crippen LogP contribution is -2.13. The number of H-pyrrole nitrogens is 1. The van der Waals surface area contributed by atoms with Crippen LogP contribution in [0, 0.1) is 12.7 Å². The first-order chi connectivity index (χ1) is 8.97. The molecule has 4 nitrogen and oxygen atoms in total. The predicted molar refractivity (Wildman–Crippen MR) is 69.9 cm³/mol. The number of amides is 1. The van der Waals surface area contributed by atoms with Crippen molar-refractivity contribution in [3.05, 3.63) is 53.1 Å². The molecule has 0 aliphatic rings. The number of carbonyl (C=O) groups is 2.